The van der Waals surface area contributed by atoms with Crippen LogP contribution in [0.15, 0.2) is 24.3 Å². The lowest BCUT2D eigenvalue weighted by molar-refractivity contribution is -0.122. The van der Waals surface area contributed by atoms with Gasteiger partial charge in [-0.05, 0) is 56.3 Å². The van der Waals surface area contributed by atoms with Gasteiger partial charge < -0.3 is 15.4 Å². The predicted octanol–water partition coefficient (Wildman–Crippen LogP) is 3.09. The average Bonchev–Trinajstić information content (AvgIpc) is 2.56. The molecule has 1 aromatic carbocycles. The van der Waals surface area contributed by atoms with Gasteiger partial charge in [-0.2, -0.15) is 0 Å². The van der Waals surface area contributed by atoms with Crippen molar-refractivity contribution in [1.82, 2.24) is 10.6 Å². The van der Waals surface area contributed by atoms with E-state index in [9.17, 15) is 4.79 Å². The Kier molecular flexibility index (Phi) is 9.72. The number of halogens is 1. The third-order valence-corrected chi connectivity index (χ3v) is 4.19. The van der Waals surface area contributed by atoms with Crippen LogP contribution in [-0.2, 0) is 11.2 Å². The molecule has 5 heteroatoms. The van der Waals surface area contributed by atoms with Crippen LogP contribution in [0, 0.1) is 0 Å². The molecule has 1 aliphatic rings. The van der Waals surface area contributed by atoms with Gasteiger partial charge in [-0.1, -0.05) is 18.6 Å². The van der Waals surface area contributed by atoms with Crippen LogP contribution in [0.25, 0.3) is 0 Å². The monoisotopic (exact) mass is 340 g/mol. The second-order valence-electron chi connectivity index (χ2n) is 6.02. The van der Waals surface area contributed by atoms with Crippen LogP contribution in [-0.4, -0.2) is 32.1 Å². The quantitative estimate of drug-likeness (QED) is 0.715. The Morgan fingerprint density at radius 3 is 2.70 bits per heavy atom. The molecule has 1 aromatic rings. The number of hydrogen-bond donors (Lipinski definition) is 2. The minimum atomic E-state index is 0. The first-order valence-electron chi connectivity index (χ1n) is 8.41. The highest BCUT2D eigenvalue weighted by Gasteiger charge is 2.14. The van der Waals surface area contributed by atoms with E-state index in [1.807, 2.05) is 12.1 Å². The molecule has 1 amide bonds. The summed E-state index contributed by atoms with van der Waals surface area (Å²) in [5.41, 5.74) is 1.33. The molecular formula is C18H29ClN2O2. The van der Waals surface area contributed by atoms with Crippen molar-refractivity contribution >= 4 is 18.3 Å². The first-order valence-corrected chi connectivity index (χ1v) is 8.41. The fraction of sp³-hybridized carbons (Fsp3) is 0.611. The highest BCUT2D eigenvalue weighted by molar-refractivity contribution is 5.85. The van der Waals surface area contributed by atoms with Crippen LogP contribution in [0.5, 0.6) is 5.75 Å². The van der Waals surface area contributed by atoms with E-state index in [0.29, 0.717) is 12.5 Å². The number of benzene rings is 1. The largest absolute Gasteiger partial charge is 0.497 e. The van der Waals surface area contributed by atoms with Crippen molar-refractivity contribution < 1.29 is 9.53 Å². The van der Waals surface area contributed by atoms with Crippen LogP contribution in [0.2, 0.25) is 0 Å². The molecule has 1 fully saturated rings. The number of amides is 1. The summed E-state index contributed by atoms with van der Waals surface area (Å²) in [6, 6.07) is 8.56. The van der Waals surface area contributed by atoms with E-state index in [-0.39, 0.29) is 18.3 Å². The second kappa shape index (κ2) is 11.3. The Bertz CT molecular complexity index is 445. The number of rotatable bonds is 8. The van der Waals surface area contributed by atoms with Crippen LogP contribution in [0.4, 0.5) is 0 Å². The van der Waals surface area contributed by atoms with E-state index in [1.165, 1.54) is 5.56 Å². The average molecular weight is 341 g/mol. The van der Waals surface area contributed by atoms with E-state index in [4.69, 9.17) is 4.74 Å². The molecule has 0 saturated carbocycles. The summed E-state index contributed by atoms with van der Waals surface area (Å²) in [4.78, 5) is 11.9. The summed E-state index contributed by atoms with van der Waals surface area (Å²) >= 11 is 0. The fourth-order valence-electron chi connectivity index (χ4n) is 2.86. The minimum Gasteiger partial charge on any atom is -0.497 e. The molecule has 0 bridgehead atoms. The zero-order valence-electron chi connectivity index (χ0n) is 14.0. The summed E-state index contributed by atoms with van der Waals surface area (Å²) in [6.45, 7) is 2.00. The van der Waals surface area contributed by atoms with Crippen molar-refractivity contribution in [2.75, 3.05) is 20.2 Å². The predicted molar refractivity (Wildman–Crippen MR) is 96.4 cm³/mol. The molecular weight excluding hydrogens is 312 g/mol. The van der Waals surface area contributed by atoms with Gasteiger partial charge in [0.1, 0.15) is 5.75 Å². The van der Waals surface area contributed by atoms with Gasteiger partial charge in [0.2, 0.25) is 5.91 Å². The van der Waals surface area contributed by atoms with Crippen molar-refractivity contribution in [3.8, 4) is 5.75 Å². The highest BCUT2D eigenvalue weighted by atomic mass is 35.5. The molecule has 1 atom stereocenters. The summed E-state index contributed by atoms with van der Waals surface area (Å²) < 4.78 is 5.15. The lowest BCUT2D eigenvalue weighted by atomic mass is 10.1. The number of ether oxygens (including phenoxy) is 1. The molecule has 0 aliphatic carbocycles. The zero-order chi connectivity index (χ0) is 15.6. The van der Waals surface area contributed by atoms with Crippen LogP contribution in [0.3, 0.4) is 0 Å². The third-order valence-electron chi connectivity index (χ3n) is 4.19. The number of hydrogen-bond acceptors (Lipinski definition) is 3. The Labute approximate surface area is 145 Å². The fourth-order valence-corrected chi connectivity index (χ4v) is 2.86. The van der Waals surface area contributed by atoms with E-state index < -0.39 is 0 Å². The van der Waals surface area contributed by atoms with Gasteiger partial charge >= 0.3 is 0 Å². The van der Waals surface area contributed by atoms with Gasteiger partial charge in [0.15, 0.2) is 0 Å². The molecule has 0 spiro atoms. The second-order valence-corrected chi connectivity index (χ2v) is 6.02. The Balaban J connectivity index is 0.00000264. The van der Waals surface area contributed by atoms with Crippen LogP contribution >= 0.6 is 12.4 Å². The maximum atomic E-state index is 11.9. The summed E-state index contributed by atoms with van der Waals surface area (Å²) in [6.07, 6.45) is 7.19. The standard InChI is InChI=1S/C18H28N2O2.ClH/c1-22-17-11-9-15(10-12-17)6-3-2-4-8-18(21)20-16-7-5-13-19-14-16;/h9-12,16,19H,2-8,13-14H2,1H3,(H,20,21);1H. The number of piperidine rings is 1. The molecule has 130 valence electrons. The summed E-state index contributed by atoms with van der Waals surface area (Å²) in [7, 11) is 1.68. The van der Waals surface area contributed by atoms with Crippen molar-refractivity contribution in [2.24, 2.45) is 0 Å². The van der Waals surface area contributed by atoms with Gasteiger partial charge in [0.25, 0.3) is 0 Å². The Hall–Kier alpha value is -1.26. The van der Waals surface area contributed by atoms with Crippen molar-refractivity contribution in [1.29, 1.82) is 0 Å². The van der Waals surface area contributed by atoms with E-state index in [0.717, 1.165) is 57.4 Å². The molecule has 0 radical (unpaired) electrons. The normalized spacial score (nSPS) is 17.2. The maximum Gasteiger partial charge on any atom is 0.220 e. The third kappa shape index (κ3) is 7.71. The molecule has 0 aromatic heterocycles. The molecule has 23 heavy (non-hydrogen) atoms. The first kappa shape index (κ1) is 19.8. The number of unbranched alkanes of at least 4 members (excludes halogenated alkanes) is 2. The van der Waals surface area contributed by atoms with Crippen molar-refractivity contribution in [2.45, 2.75) is 51.0 Å². The molecule has 2 N–H and O–H groups in total. The SMILES string of the molecule is COc1ccc(CCCCCC(=O)NC2CCCNC2)cc1.Cl. The molecule has 2 rings (SSSR count). The Morgan fingerprint density at radius 1 is 1.26 bits per heavy atom. The van der Waals surface area contributed by atoms with Gasteiger partial charge in [-0.15, -0.1) is 12.4 Å². The zero-order valence-corrected chi connectivity index (χ0v) is 14.8. The number of aryl methyl sites for hydroxylation is 1. The smallest absolute Gasteiger partial charge is 0.220 e. The Morgan fingerprint density at radius 2 is 2.04 bits per heavy atom. The first-order chi connectivity index (χ1) is 10.8. The van der Waals surface area contributed by atoms with E-state index in [2.05, 4.69) is 22.8 Å². The van der Waals surface area contributed by atoms with Crippen LogP contribution < -0.4 is 15.4 Å². The summed E-state index contributed by atoms with van der Waals surface area (Å²) in [5.74, 6) is 1.11. The van der Waals surface area contributed by atoms with E-state index in [1.54, 1.807) is 7.11 Å². The molecule has 1 heterocycles. The van der Waals surface area contributed by atoms with Gasteiger partial charge in [-0.3, -0.25) is 4.79 Å². The van der Waals surface area contributed by atoms with Crippen LogP contribution in [0.1, 0.15) is 44.1 Å². The highest BCUT2D eigenvalue weighted by Crippen LogP contribution is 2.14. The van der Waals surface area contributed by atoms with Gasteiger partial charge in [0.05, 0.1) is 7.11 Å². The molecule has 4 nitrogen and oxygen atoms in total. The lowest BCUT2D eigenvalue weighted by Crippen LogP contribution is -2.45. The maximum absolute atomic E-state index is 11.9. The van der Waals surface area contributed by atoms with Gasteiger partial charge in [0, 0.05) is 19.0 Å². The molecule has 1 aliphatic heterocycles. The number of nitrogens with one attached hydrogen (secondary N) is 2. The molecule has 1 saturated heterocycles. The number of methoxy groups -OCH3 is 1. The number of carbonyl (C=O) groups excluding carboxylic acids is 1. The summed E-state index contributed by atoms with van der Waals surface area (Å²) in [5, 5.41) is 6.44. The van der Waals surface area contributed by atoms with E-state index >= 15 is 0 Å². The van der Waals surface area contributed by atoms with Crippen molar-refractivity contribution in [3.63, 3.8) is 0 Å². The minimum absolute atomic E-state index is 0. The number of carbonyl (C=O) groups is 1. The lowest BCUT2D eigenvalue weighted by Gasteiger charge is -2.23. The van der Waals surface area contributed by atoms with Gasteiger partial charge in [-0.25, -0.2) is 0 Å². The molecule has 1 unspecified atom stereocenters. The van der Waals surface area contributed by atoms with Crippen molar-refractivity contribution in [3.05, 3.63) is 29.8 Å². The topological polar surface area (TPSA) is 50.4 Å².